The van der Waals surface area contributed by atoms with E-state index in [0.29, 0.717) is 24.1 Å². The van der Waals surface area contributed by atoms with Crippen LogP contribution >= 0.6 is 0 Å². The van der Waals surface area contributed by atoms with Gasteiger partial charge in [0.15, 0.2) is 0 Å². The number of esters is 1. The predicted molar refractivity (Wildman–Crippen MR) is 133 cm³/mol. The first kappa shape index (κ1) is 26.6. The predicted octanol–water partition coefficient (Wildman–Crippen LogP) is 5.10. The number of hydrogen-bond acceptors (Lipinski definition) is 5. The van der Waals surface area contributed by atoms with Crippen LogP contribution in [0.1, 0.15) is 61.1 Å². The molecule has 0 heterocycles. The molecule has 0 spiro atoms. The van der Waals surface area contributed by atoms with Crippen molar-refractivity contribution < 1.29 is 23.9 Å². The monoisotopic (exact) mass is 466 g/mol. The number of hydrogen-bond donors (Lipinski definition) is 2. The third-order valence-corrected chi connectivity index (χ3v) is 5.02. The fraction of sp³-hybridized carbons (Fsp3) is 0.370. The summed E-state index contributed by atoms with van der Waals surface area (Å²) in [6.45, 7) is 11.4. The van der Waals surface area contributed by atoms with Crippen LogP contribution in [0.2, 0.25) is 0 Å². The standard InChI is InChI=1S/C27H34N2O5/c1-7-8-15-28-25(31)21-14-9-11-18(2)24(21)20-13-10-12-19(16-20)22(17-23(30)33-6)29-26(32)34-27(3,4)5/h7,9-14,16,22H,1,8,15,17H2,2-6H3,(H,28,31)(H,29,32)/t22-/m0/s1. The van der Waals surface area contributed by atoms with E-state index in [0.717, 1.165) is 16.7 Å². The average Bonchev–Trinajstić information content (AvgIpc) is 2.77. The zero-order valence-electron chi connectivity index (χ0n) is 20.6. The van der Waals surface area contributed by atoms with Crippen molar-refractivity contribution in [3.05, 3.63) is 71.8 Å². The smallest absolute Gasteiger partial charge is 0.408 e. The van der Waals surface area contributed by atoms with Crippen molar-refractivity contribution in [2.45, 2.75) is 52.2 Å². The van der Waals surface area contributed by atoms with Crippen molar-refractivity contribution in [1.82, 2.24) is 10.6 Å². The number of benzene rings is 2. The second kappa shape index (κ2) is 12.0. The Morgan fingerprint density at radius 1 is 1.12 bits per heavy atom. The van der Waals surface area contributed by atoms with Crippen molar-refractivity contribution in [1.29, 1.82) is 0 Å². The Morgan fingerprint density at radius 3 is 2.47 bits per heavy atom. The second-order valence-corrected chi connectivity index (χ2v) is 8.94. The number of alkyl carbamates (subject to hydrolysis) is 1. The molecule has 1 atom stereocenters. The van der Waals surface area contributed by atoms with Crippen molar-refractivity contribution in [3.8, 4) is 11.1 Å². The van der Waals surface area contributed by atoms with Crippen LogP contribution in [0.3, 0.4) is 0 Å². The van der Waals surface area contributed by atoms with Gasteiger partial charge in [-0.15, -0.1) is 6.58 Å². The SMILES string of the molecule is C=CCCNC(=O)c1cccc(C)c1-c1cccc([C@H](CC(=O)OC)NC(=O)OC(C)(C)C)c1. The van der Waals surface area contributed by atoms with E-state index < -0.39 is 23.7 Å². The molecule has 7 nitrogen and oxygen atoms in total. The summed E-state index contributed by atoms with van der Waals surface area (Å²) in [7, 11) is 1.30. The molecule has 7 heteroatoms. The summed E-state index contributed by atoms with van der Waals surface area (Å²) in [5.41, 5.74) is 3.07. The number of aryl methyl sites for hydroxylation is 1. The number of carbonyl (C=O) groups excluding carboxylic acids is 3. The molecule has 0 bridgehead atoms. The van der Waals surface area contributed by atoms with Gasteiger partial charge in [-0.3, -0.25) is 9.59 Å². The third kappa shape index (κ3) is 7.76. The summed E-state index contributed by atoms with van der Waals surface area (Å²) in [5.74, 6) is -0.645. The van der Waals surface area contributed by atoms with Crippen LogP contribution in [0, 0.1) is 6.92 Å². The molecule has 2 amide bonds. The van der Waals surface area contributed by atoms with Gasteiger partial charge in [-0.25, -0.2) is 4.79 Å². The minimum Gasteiger partial charge on any atom is -0.469 e. The van der Waals surface area contributed by atoms with Gasteiger partial charge in [0.05, 0.1) is 19.6 Å². The Balaban J connectivity index is 2.44. The Kier molecular flexibility index (Phi) is 9.42. The van der Waals surface area contributed by atoms with E-state index in [-0.39, 0.29) is 12.3 Å². The molecule has 2 rings (SSSR count). The first-order chi connectivity index (χ1) is 16.1. The Hall–Kier alpha value is -3.61. The van der Waals surface area contributed by atoms with E-state index in [1.807, 2.05) is 43.3 Å². The van der Waals surface area contributed by atoms with E-state index in [1.54, 1.807) is 32.9 Å². The van der Waals surface area contributed by atoms with E-state index in [1.165, 1.54) is 7.11 Å². The molecule has 0 saturated carbocycles. The largest absolute Gasteiger partial charge is 0.469 e. The molecule has 182 valence electrons. The molecule has 2 aromatic rings. The first-order valence-electron chi connectivity index (χ1n) is 11.2. The highest BCUT2D eigenvalue weighted by Crippen LogP contribution is 2.30. The number of carbonyl (C=O) groups is 3. The van der Waals surface area contributed by atoms with Gasteiger partial charge < -0.3 is 20.1 Å². The second-order valence-electron chi connectivity index (χ2n) is 8.94. The van der Waals surface area contributed by atoms with Crippen molar-refractivity contribution in [2.24, 2.45) is 0 Å². The van der Waals surface area contributed by atoms with Gasteiger partial charge in [0, 0.05) is 12.1 Å². The van der Waals surface area contributed by atoms with Crippen LogP contribution in [-0.2, 0) is 14.3 Å². The van der Waals surface area contributed by atoms with Gasteiger partial charge >= 0.3 is 12.1 Å². The lowest BCUT2D eigenvalue weighted by Crippen LogP contribution is -2.36. The Morgan fingerprint density at radius 2 is 1.82 bits per heavy atom. The molecular weight excluding hydrogens is 432 g/mol. The Bertz CT molecular complexity index is 1040. The fourth-order valence-corrected chi connectivity index (χ4v) is 3.49. The minimum absolute atomic E-state index is 0.0676. The fourth-order valence-electron chi connectivity index (χ4n) is 3.49. The molecule has 0 aliphatic rings. The highest BCUT2D eigenvalue weighted by atomic mass is 16.6. The van der Waals surface area contributed by atoms with E-state index in [9.17, 15) is 14.4 Å². The summed E-state index contributed by atoms with van der Waals surface area (Å²) in [6, 6.07) is 12.3. The minimum atomic E-state index is -0.684. The van der Waals surface area contributed by atoms with Gasteiger partial charge in [-0.1, -0.05) is 36.4 Å². The van der Waals surface area contributed by atoms with Crippen LogP contribution in [0.5, 0.6) is 0 Å². The summed E-state index contributed by atoms with van der Waals surface area (Å²) in [6.07, 6.45) is 1.72. The molecule has 0 radical (unpaired) electrons. The molecule has 34 heavy (non-hydrogen) atoms. The summed E-state index contributed by atoms with van der Waals surface area (Å²) >= 11 is 0. The van der Waals surface area contributed by atoms with Crippen molar-refractivity contribution in [2.75, 3.05) is 13.7 Å². The molecule has 2 aromatic carbocycles. The molecule has 0 aliphatic heterocycles. The molecule has 0 saturated heterocycles. The van der Waals surface area contributed by atoms with Crippen LogP contribution < -0.4 is 10.6 Å². The van der Waals surface area contributed by atoms with Crippen molar-refractivity contribution >= 4 is 18.0 Å². The number of nitrogens with one attached hydrogen (secondary N) is 2. The summed E-state index contributed by atoms with van der Waals surface area (Å²) in [5, 5.41) is 5.68. The maximum atomic E-state index is 12.9. The van der Waals surface area contributed by atoms with Crippen LogP contribution in [0.25, 0.3) is 11.1 Å². The summed E-state index contributed by atoms with van der Waals surface area (Å²) in [4.78, 5) is 37.4. The highest BCUT2D eigenvalue weighted by Gasteiger charge is 2.24. The molecule has 0 aliphatic carbocycles. The summed E-state index contributed by atoms with van der Waals surface area (Å²) < 4.78 is 10.2. The lowest BCUT2D eigenvalue weighted by Gasteiger charge is -2.24. The topological polar surface area (TPSA) is 93.7 Å². The van der Waals surface area contributed by atoms with Crippen LogP contribution in [0.4, 0.5) is 4.79 Å². The molecule has 0 unspecified atom stereocenters. The quantitative estimate of drug-likeness (QED) is 0.305. The lowest BCUT2D eigenvalue weighted by molar-refractivity contribution is -0.141. The molecule has 0 fully saturated rings. The zero-order chi connectivity index (χ0) is 25.3. The first-order valence-corrected chi connectivity index (χ1v) is 11.2. The van der Waals surface area contributed by atoms with Gasteiger partial charge in [0.1, 0.15) is 5.60 Å². The van der Waals surface area contributed by atoms with E-state index in [4.69, 9.17) is 9.47 Å². The molecular formula is C27H34N2O5. The number of methoxy groups -OCH3 is 1. The lowest BCUT2D eigenvalue weighted by atomic mass is 9.91. The van der Waals surface area contributed by atoms with Gasteiger partial charge in [0.25, 0.3) is 5.91 Å². The van der Waals surface area contributed by atoms with Gasteiger partial charge in [-0.05, 0) is 68.5 Å². The van der Waals surface area contributed by atoms with E-state index >= 15 is 0 Å². The van der Waals surface area contributed by atoms with Crippen LogP contribution in [-0.4, -0.2) is 37.2 Å². The highest BCUT2D eigenvalue weighted by molar-refractivity contribution is 6.01. The third-order valence-electron chi connectivity index (χ3n) is 5.02. The number of amides is 2. The van der Waals surface area contributed by atoms with Crippen molar-refractivity contribution in [3.63, 3.8) is 0 Å². The van der Waals surface area contributed by atoms with Gasteiger partial charge in [-0.2, -0.15) is 0 Å². The van der Waals surface area contributed by atoms with Crippen LogP contribution in [0.15, 0.2) is 55.1 Å². The van der Waals surface area contributed by atoms with E-state index in [2.05, 4.69) is 17.2 Å². The van der Waals surface area contributed by atoms with Gasteiger partial charge in [0.2, 0.25) is 0 Å². The average molecular weight is 467 g/mol. The normalized spacial score (nSPS) is 11.8. The number of rotatable bonds is 9. The zero-order valence-corrected chi connectivity index (χ0v) is 20.6. The number of ether oxygens (including phenoxy) is 2. The molecule has 0 aromatic heterocycles. The molecule has 2 N–H and O–H groups in total. The maximum Gasteiger partial charge on any atom is 0.408 e. The maximum absolute atomic E-state index is 12.9. The Labute approximate surface area is 201 Å².